The Morgan fingerprint density at radius 1 is 0.306 bits per heavy atom. The number of hydrogen-bond acceptors (Lipinski definition) is 2. The molecule has 62 heavy (non-hydrogen) atoms. The van der Waals surface area contributed by atoms with Crippen LogP contribution in [-0.2, 0) is 10.8 Å². The molecule has 0 bridgehead atoms. The molecule has 0 spiro atoms. The molecule has 0 amide bonds. The molecule has 0 unspecified atom stereocenters. The summed E-state index contributed by atoms with van der Waals surface area (Å²) in [5.74, 6) is 0. The van der Waals surface area contributed by atoms with Crippen LogP contribution in [0, 0.1) is 27.7 Å². The van der Waals surface area contributed by atoms with Gasteiger partial charge in [0.15, 0.2) is 0 Å². The average Bonchev–Trinajstić information content (AvgIpc) is 3.61. The number of para-hydroxylation sites is 2. The Kier molecular flexibility index (Phi) is 9.45. The average molecular weight is 803 g/mol. The minimum absolute atomic E-state index is 0.161. The highest BCUT2D eigenvalue weighted by Crippen LogP contribution is 2.53. The Morgan fingerprint density at radius 3 is 0.984 bits per heavy atom. The third-order valence-electron chi connectivity index (χ3n) is 13.3. The lowest BCUT2D eigenvalue weighted by molar-refractivity contribution is 0.660. The fraction of sp³-hybridized carbons (Fsp3) is 0.167. The van der Waals surface area contributed by atoms with Crippen molar-refractivity contribution in [2.45, 2.75) is 66.2 Å². The van der Waals surface area contributed by atoms with E-state index in [4.69, 9.17) is 0 Å². The first-order valence-corrected chi connectivity index (χ1v) is 22.0. The summed E-state index contributed by atoms with van der Waals surface area (Å²) in [4.78, 5) is 4.79. The maximum Gasteiger partial charge on any atom is 0.0466 e. The monoisotopic (exact) mass is 802 g/mol. The van der Waals surface area contributed by atoms with E-state index in [2.05, 4.69) is 247 Å². The van der Waals surface area contributed by atoms with E-state index < -0.39 is 0 Å². The molecular formula is C60H54N2. The van der Waals surface area contributed by atoms with Crippen molar-refractivity contribution < 1.29 is 0 Å². The van der Waals surface area contributed by atoms with E-state index in [1.165, 1.54) is 101 Å². The predicted octanol–water partition coefficient (Wildman–Crippen LogP) is 16.6. The van der Waals surface area contributed by atoms with Crippen molar-refractivity contribution in [1.29, 1.82) is 0 Å². The molecule has 2 aliphatic rings. The van der Waals surface area contributed by atoms with Gasteiger partial charge in [-0.15, -0.1) is 0 Å². The van der Waals surface area contributed by atoms with Gasteiger partial charge in [0, 0.05) is 45.0 Å². The van der Waals surface area contributed by atoms with Crippen LogP contribution in [0.2, 0.25) is 0 Å². The molecule has 2 heteroatoms. The number of aryl methyl sites for hydroxylation is 4. The molecular weight excluding hydrogens is 749 g/mol. The van der Waals surface area contributed by atoms with Crippen LogP contribution in [0.25, 0.3) is 34.4 Å². The lowest BCUT2D eigenvalue weighted by Crippen LogP contribution is -2.17. The molecule has 8 aromatic carbocycles. The van der Waals surface area contributed by atoms with Gasteiger partial charge in [0.2, 0.25) is 0 Å². The summed E-state index contributed by atoms with van der Waals surface area (Å²) in [6.07, 6.45) is 4.58. The highest BCUT2D eigenvalue weighted by Gasteiger charge is 2.37. The maximum atomic E-state index is 2.42. The zero-order valence-electron chi connectivity index (χ0n) is 37.2. The summed E-state index contributed by atoms with van der Waals surface area (Å²) in [6, 6.07) is 63.3. The Morgan fingerprint density at radius 2 is 0.629 bits per heavy atom. The van der Waals surface area contributed by atoms with E-state index in [1.54, 1.807) is 0 Å². The molecule has 0 aromatic heterocycles. The summed E-state index contributed by atoms with van der Waals surface area (Å²) in [5, 5.41) is 0. The molecule has 304 valence electrons. The second kappa shape index (κ2) is 14.9. The molecule has 0 radical (unpaired) electrons. The minimum Gasteiger partial charge on any atom is -0.310 e. The molecule has 0 saturated heterocycles. The summed E-state index contributed by atoms with van der Waals surface area (Å²) < 4.78 is 0. The number of benzene rings is 8. The zero-order chi connectivity index (χ0) is 42.9. The van der Waals surface area contributed by atoms with Gasteiger partial charge in [0.25, 0.3) is 0 Å². The van der Waals surface area contributed by atoms with Crippen LogP contribution < -0.4 is 9.80 Å². The van der Waals surface area contributed by atoms with Gasteiger partial charge >= 0.3 is 0 Å². The third-order valence-corrected chi connectivity index (χ3v) is 13.3. The van der Waals surface area contributed by atoms with Crippen molar-refractivity contribution in [1.82, 2.24) is 0 Å². The van der Waals surface area contributed by atoms with Gasteiger partial charge in [-0.05, 0) is 178 Å². The van der Waals surface area contributed by atoms with Gasteiger partial charge in [-0.1, -0.05) is 137 Å². The molecule has 0 aliphatic heterocycles. The van der Waals surface area contributed by atoms with E-state index in [0.717, 1.165) is 11.4 Å². The van der Waals surface area contributed by atoms with Crippen LogP contribution >= 0.6 is 0 Å². The van der Waals surface area contributed by atoms with Crippen LogP contribution in [0.1, 0.15) is 83.3 Å². The standard InChI is InChI=1S/C60H54N2/c1-39-29-40(2)32-49(31-39)61(45-15-11-9-12-16-45)47-23-27-53-51-25-21-43(35-55(51)59(5,6)57(53)37-47)19-20-44-22-26-52-54-28-24-48(38-58(54)60(7,8)56(52)36-44)62(46-17-13-10-14-18-46)50-33-41(3)30-42(4)34-50/h9-38H,1-8H3/b20-19+. The van der Waals surface area contributed by atoms with E-state index >= 15 is 0 Å². The van der Waals surface area contributed by atoms with Crippen LogP contribution in [0.5, 0.6) is 0 Å². The van der Waals surface area contributed by atoms with Gasteiger partial charge in [0.05, 0.1) is 0 Å². The quantitative estimate of drug-likeness (QED) is 0.141. The fourth-order valence-electron chi connectivity index (χ4n) is 10.4. The Hall–Kier alpha value is -6.90. The van der Waals surface area contributed by atoms with E-state index in [1.807, 2.05) is 0 Å². The van der Waals surface area contributed by atoms with Crippen molar-refractivity contribution >= 4 is 46.3 Å². The minimum atomic E-state index is -0.161. The van der Waals surface area contributed by atoms with Crippen LogP contribution in [0.3, 0.4) is 0 Å². The van der Waals surface area contributed by atoms with Crippen LogP contribution in [-0.4, -0.2) is 0 Å². The maximum absolute atomic E-state index is 2.42. The second-order valence-electron chi connectivity index (χ2n) is 18.7. The lowest BCUT2D eigenvalue weighted by Gasteiger charge is -2.28. The molecule has 2 nitrogen and oxygen atoms in total. The normalized spacial score (nSPS) is 14.0. The van der Waals surface area contributed by atoms with Crippen molar-refractivity contribution in [3.05, 3.63) is 225 Å². The lowest BCUT2D eigenvalue weighted by atomic mass is 9.81. The fourth-order valence-corrected chi connectivity index (χ4v) is 10.4. The molecule has 0 saturated carbocycles. The van der Waals surface area contributed by atoms with Crippen LogP contribution in [0.4, 0.5) is 34.1 Å². The first kappa shape index (κ1) is 39.2. The third kappa shape index (κ3) is 6.75. The number of hydrogen-bond donors (Lipinski definition) is 0. The van der Waals surface area contributed by atoms with E-state index in [-0.39, 0.29) is 10.8 Å². The Balaban J connectivity index is 0.947. The smallest absolute Gasteiger partial charge is 0.0466 e. The van der Waals surface area contributed by atoms with Gasteiger partial charge in [-0.25, -0.2) is 0 Å². The summed E-state index contributed by atoms with van der Waals surface area (Å²) in [7, 11) is 0. The zero-order valence-corrected chi connectivity index (χ0v) is 37.2. The molecule has 0 heterocycles. The van der Waals surface area contributed by atoms with Gasteiger partial charge in [0.1, 0.15) is 0 Å². The largest absolute Gasteiger partial charge is 0.310 e. The van der Waals surface area contributed by atoms with E-state index in [9.17, 15) is 0 Å². The van der Waals surface area contributed by atoms with Crippen molar-refractivity contribution in [3.8, 4) is 22.3 Å². The number of anilines is 6. The molecule has 10 rings (SSSR count). The topological polar surface area (TPSA) is 6.48 Å². The number of fused-ring (bicyclic) bond motifs is 6. The second-order valence-corrected chi connectivity index (χ2v) is 18.7. The van der Waals surface area contributed by atoms with Crippen LogP contribution in [0.15, 0.2) is 170 Å². The van der Waals surface area contributed by atoms with Gasteiger partial charge < -0.3 is 9.80 Å². The Labute approximate surface area is 368 Å². The van der Waals surface area contributed by atoms with E-state index in [0.29, 0.717) is 0 Å². The molecule has 0 fully saturated rings. The summed E-state index contributed by atoms with van der Waals surface area (Å²) in [5.41, 5.74) is 24.9. The summed E-state index contributed by atoms with van der Waals surface area (Å²) in [6.45, 7) is 18.2. The highest BCUT2D eigenvalue weighted by molar-refractivity contribution is 5.89. The van der Waals surface area contributed by atoms with Crippen molar-refractivity contribution in [3.63, 3.8) is 0 Å². The predicted molar refractivity (Wildman–Crippen MR) is 265 cm³/mol. The molecule has 2 aliphatic carbocycles. The van der Waals surface area contributed by atoms with Gasteiger partial charge in [-0.2, -0.15) is 0 Å². The van der Waals surface area contributed by atoms with Crippen molar-refractivity contribution in [2.24, 2.45) is 0 Å². The molecule has 0 atom stereocenters. The summed E-state index contributed by atoms with van der Waals surface area (Å²) >= 11 is 0. The van der Waals surface area contributed by atoms with Crippen molar-refractivity contribution in [2.75, 3.05) is 9.80 Å². The molecule has 8 aromatic rings. The molecule has 0 N–H and O–H groups in total. The van der Waals surface area contributed by atoms with Gasteiger partial charge in [-0.3, -0.25) is 0 Å². The highest BCUT2D eigenvalue weighted by atomic mass is 15.1. The first-order valence-electron chi connectivity index (χ1n) is 22.0. The Bertz CT molecular complexity index is 2810. The number of rotatable bonds is 8. The SMILES string of the molecule is Cc1cc(C)cc(N(c2ccccc2)c2ccc3c(c2)C(C)(C)c2cc(/C=C/c4ccc5c(c4)C(C)(C)c4cc(N(c6ccccc6)c6cc(C)cc(C)c6)ccc4-5)ccc2-3)c1. The number of nitrogens with zero attached hydrogens (tertiary/aromatic N) is 2. The first-order chi connectivity index (χ1) is 29.8.